The largest absolute Gasteiger partial charge is 0.343 e. The van der Waals surface area contributed by atoms with Crippen molar-refractivity contribution in [3.05, 3.63) is 118 Å². The van der Waals surface area contributed by atoms with E-state index in [9.17, 15) is 9.59 Å². The van der Waals surface area contributed by atoms with Gasteiger partial charge >= 0.3 is 5.69 Å². The minimum Gasteiger partial charge on any atom is -0.293 e. The molecule has 3 aromatic carbocycles. The Hall–Kier alpha value is -3.38. The van der Waals surface area contributed by atoms with Gasteiger partial charge in [0.15, 0.2) is 10.9 Å². The van der Waals surface area contributed by atoms with Crippen LogP contribution in [0.1, 0.15) is 26.7 Å². The maximum atomic E-state index is 13.3. The molecule has 0 unspecified atom stereocenters. The number of benzene rings is 3. The van der Waals surface area contributed by atoms with E-state index >= 15 is 0 Å². The van der Waals surface area contributed by atoms with Gasteiger partial charge in [0.1, 0.15) is 5.25 Å². The van der Waals surface area contributed by atoms with Gasteiger partial charge in [0, 0.05) is 12.1 Å². The fourth-order valence-corrected chi connectivity index (χ4v) is 4.38. The molecular formula is C24H21N3O2S. The van der Waals surface area contributed by atoms with Gasteiger partial charge in [0.2, 0.25) is 0 Å². The maximum absolute atomic E-state index is 13.3. The molecule has 1 aromatic heterocycles. The average Bonchev–Trinajstić information content (AvgIpc) is 3.16. The fourth-order valence-electron chi connectivity index (χ4n) is 3.24. The van der Waals surface area contributed by atoms with Gasteiger partial charge in [-0.1, -0.05) is 103 Å². The summed E-state index contributed by atoms with van der Waals surface area (Å²) in [5, 5.41) is 6.75. The molecule has 4 aromatic rings. The number of ketones is 1. The molecule has 1 heterocycles. The maximum Gasteiger partial charge on any atom is 0.343 e. The smallest absolute Gasteiger partial charge is 0.293 e. The molecule has 0 aliphatic rings. The first-order valence-corrected chi connectivity index (χ1v) is 10.6. The van der Waals surface area contributed by atoms with Crippen LogP contribution in [0.5, 0.6) is 0 Å². The van der Waals surface area contributed by atoms with Gasteiger partial charge in [-0.3, -0.25) is 9.36 Å². The summed E-state index contributed by atoms with van der Waals surface area (Å²) >= 11 is 1.30. The third-order valence-electron chi connectivity index (χ3n) is 4.81. The zero-order chi connectivity index (χ0) is 20.8. The lowest BCUT2D eigenvalue weighted by molar-refractivity contribution is 0.0989. The first kappa shape index (κ1) is 19.9. The number of carbonyl (C=O) groups is 1. The van der Waals surface area contributed by atoms with E-state index in [-0.39, 0.29) is 11.5 Å². The molecule has 0 saturated carbocycles. The van der Waals surface area contributed by atoms with Crippen LogP contribution in [0.25, 0.3) is 0 Å². The molecule has 0 spiro atoms. The molecule has 0 saturated heterocycles. The van der Waals surface area contributed by atoms with Crippen LogP contribution < -0.4 is 5.69 Å². The van der Waals surface area contributed by atoms with Crippen LogP contribution in [-0.4, -0.2) is 20.5 Å². The van der Waals surface area contributed by atoms with E-state index < -0.39 is 5.25 Å². The standard InChI is InChI=1S/C24H21N3O2S/c28-21(19-12-6-2-7-13-19)22(20-14-8-3-9-15-20)30-24-26-25-23(29)27(24)17-16-18-10-4-1-5-11-18/h1-15,22H,16-17H2,(H,25,29)/t22-/m0/s1. The van der Waals surface area contributed by atoms with E-state index in [0.29, 0.717) is 23.7 Å². The molecule has 0 radical (unpaired) electrons. The first-order valence-electron chi connectivity index (χ1n) is 9.72. The summed E-state index contributed by atoms with van der Waals surface area (Å²) in [5.74, 6) is -0.0168. The number of Topliss-reactive ketones (excluding diaryl/α,β-unsaturated/α-hetero) is 1. The number of aromatic nitrogens is 3. The van der Waals surface area contributed by atoms with Crippen LogP contribution in [0.4, 0.5) is 0 Å². The number of hydrogen-bond donors (Lipinski definition) is 1. The quantitative estimate of drug-likeness (QED) is 0.339. The number of nitrogens with one attached hydrogen (secondary N) is 1. The van der Waals surface area contributed by atoms with E-state index in [2.05, 4.69) is 10.2 Å². The second kappa shape index (κ2) is 9.41. The average molecular weight is 416 g/mol. The van der Waals surface area contributed by atoms with Crippen LogP contribution in [0, 0.1) is 0 Å². The summed E-state index contributed by atoms with van der Waals surface area (Å²) in [6.45, 7) is 0.489. The molecule has 0 aliphatic heterocycles. The zero-order valence-electron chi connectivity index (χ0n) is 16.3. The Bertz CT molecular complexity index is 1160. The molecule has 30 heavy (non-hydrogen) atoms. The highest BCUT2D eigenvalue weighted by Crippen LogP contribution is 2.36. The Kier molecular flexibility index (Phi) is 6.25. The molecule has 1 N–H and O–H groups in total. The Morgan fingerprint density at radius 1 is 0.900 bits per heavy atom. The predicted octanol–water partition coefficient (Wildman–Crippen LogP) is 4.53. The summed E-state index contributed by atoms with van der Waals surface area (Å²) in [7, 11) is 0. The number of thioether (sulfide) groups is 1. The third kappa shape index (κ3) is 4.60. The lowest BCUT2D eigenvalue weighted by Gasteiger charge is -2.16. The van der Waals surface area contributed by atoms with Crippen molar-refractivity contribution in [2.75, 3.05) is 0 Å². The number of aryl methyl sites for hydroxylation is 1. The van der Waals surface area contributed by atoms with Gasteiger partial charge in [-0.15, -0.1) is 5.10 Å². The summed E-state index contributed by atoms with van der Waals surface area (Å²) < 4.78 is 1.60. The van der Waals surface area contributed by atoms with E-state index in [1.54, 1.807) is 4.57 Å². The molecule has 1 atom stereocenters. The van der Waals surface area contributed by atoms with Crippen molar-refractivity contribution in [3.63, 3.8) is 0 Å². The normalized spacial score (nSPS) is 11.9. The van der Waals surface area contributed by atoms with Gasteiger partial charge in [0.05, 0.1) is 0 Å². The highest BCUT2D eigenvalue weighted by atomic mass is 32.2. The zero-order valence-corrected chi connectivity index (χ0v) is 17.1. The van der Waals surface area contributed by atoms with Crippen LogP contribution in [0.3, 0.4) is 0 Å². The number of nitrogens with zero attached hydrogens (tertiary/aromatic N) is 2. The molecule has 0 aliphatic carbocycles. The van der Waals surface area contributed by atoms with Gasteiger partial charge in [-0.05, 0) is 17.5 Å². The summed E-state index contributed by atoms with van der Waals surface area (Å²) in [6.07, 6.45) is 0.705. The van der Waals surface area contributed by atoms with Gasteiger partial charge in [-0.2, -0.15) is 0 Å². The van der Waals surface area contributed by atoms with Gasteiger partial charge in [-0.25, -0.2) is 9.89 Å². The Balaban J connectivity index is 1.62. The Morgan fingerprint density at radius 2 is 1.50 bits per heavy atom. The number of aromatic amines is 1. The van der Waals surface area contributed by atoms with Crippen molar-refractivity contribution in [1.82, 2.24) is 14.8 Å². The fraction of sp³-hybridized carbons (Fsp3) is 0.125. The number of carbonyl (C=O) groups excluding carboxylic acids is 1. The van der Waals surface area contributed by atoms with Gasteiger partial charge < -0.3 is 0 Å². The molecular weight excluding hydrogens is 394 g/mol. The van der Waals surface area contributed by atoms with E-state index in [0.717, 1.165) is 11.1 Å². The molecule has 0 fully saturated rings. The van der Waals surface area contributed by atoms with Crippen molar-refractivity contribution in [2.24, 2.45) is 0 Å². The van der Waals surface area contributed by atoms with Gasteiger partial charge in [0.25, 0.3) is 0 Å². The molecule has 6 heteroatoms. The van der Waals surface area contributed by atoms with E-state index in [4.69, 9.17) is 0 Å². The van der Waals surface area contributed by atoms with Crippen molar-refractivity contribution in [3.8, 4) is 0 Å². The topological polar surface area (TPSA) is 67.8 Å². The summed E-state index contributed by atoms with van der Waals surface area (Å²) in [6, 6.07) is 28.8. The van der Waals surface area contributed by atoms with Crippen molar-refractivity contribution in [2.45, 2.75) is 23.4 Å². The first-order chi connectivity index (χ1) is 14.7. The monoisotopic (exact) mass is 415 g/mol. The molecule has 5 nitrogen and oxygen atoms in total. The minimum atomic E-state index is -0.501. The van der Waals surface area contributed by atoms with Crippen molar-refractivity contribution in [1.29, 1.82) is 0 Å². The second-order valence-corrected chi connectivity index (χ2v) is 7.91. The SMILES string of the molecule is O=C(c1ccccc1)[C@@H](Sc1n[nH]c(=O)n1CCc1ccccc1)c1ccccc1. The highest BCUT2D eigenvalue weighted by molar-refractivity contribution is 8.00. The lowest BCUT2D eigenvalue weighted by atomic mass is 10.0. The van der Waals surface area contributed by atoms with Crippen molar-refractivity contribution >= 4 is 17.5 Å². The highest BCUT2D eigenvalue weighted by Gasteiger charge is 2.26. The summed E-state index contributed by atoms with van der Waals surface area (Å²) in [4.78, 5) is 25.7. The number of hydrogen-bond acceptors (Lipinski definition) is 4. The number of rotatable bonds is 8. The van der Waals surface area contributed by atoms with Crippen molar-refractivity contribution < 1.29 is 4.79 Å². The minimum absolute atomic E-state index is 0.0168. The Morgan fingerprint density at radius 3 is 2.17 bits per heavy atom. The Labute approximate surface area is 178 Å². The lowest BCUT2D eigenvalue weighted by Crippen LogP contribution is -2.19. The van der Waals surface area contributed by atoms with E-state index in [1.165, 1.54) is 11.8 Å². The molecule has 0 bridgehead atoms. The van der Waals surface area contributed by atoms with Crippen LogP contribution in [-0.2, 0) is 13.0 Å². The third-order valence-corrected chi connectivity index (χ3v) is 6.06. The van der Waals surface area contributed by atoms with E-state index in [1.807, 2.05) is 91.0 Å². The number of H-pyrrole nitrogens is 1. The van der Waals surface area contributed by atoms with Crippen LogP contribution in [0.15, 0.2) is 101 Å². The molecule has 0 amide bonds. The molecule has 150 valence electrons. The van der Waals surface area contributed by atoms with Crippen LogP contribution >= 0.6 is 11.8 Å². The predicted molar refractivity (Wildman–Crippen MR) is 119 cm³/mol. The molecule has 4 rings (SSSR count). The second-order valence-electron chi connectivity index (χ2n) is 6.84. The van der Waals surface area contributed by atoms with Crippen LogP contribution in [0.2, 0.25) is 0 Å². The summed E-state index contributed by atoms with van der Waals surface area (Å²) in [5.41, 5.74) is 2.38.